The van der Waals surface area contributed by atoms with Crippen LogP contribution in [0.15, 0.2) is 47.2 Å². The second-order valence-corrected chi connectivity index (χ2v) is 5.76. The minimum absolute atomic E-state index is 0.157. The summed E-state index contributed by atoms with van der Waals surface area (Å²) in [6.45, 7) is 3.25. The average Bonchev–Trinajstić information content (AvgIpc) is 3.19. The molecule has 3 aromatic rings. The second-order valence-electron chi connectivity index (χ2n) is 5.76. The number of carbonyl (C=O) groups excluding carboxylic acids is 1. The predicted octanol–water partition coefficient (Wildman–Crippen LogP) is 3.28. The molecule has 0 spiro atoms. The number of benzene rings is 2. The van der Waals surface area contributed by atoms with E-state index in [1.165, 1.54) is 12.5 Å². The molecule has 0 radical (unpaired) electrons. The highest BCUT2D eigenvalue weighted by atomic mass is 16.6. The Morgan fingerprint density at radius 1 is 1.22 bits per heavy atom. The number of aryl methyl sites for hydroxylation is 1. The van der Waals surface area contributed by atoms with E-state index in [-0.39, 0.29) is 18.0 Å². The molecule has 1 aromatic heterocycles. The maximum atomic E-state index is 12.2. The summed E-state index contributed by atoms with van der Waals surface area (Å²) >= 11 is 0. The van der Waals surface area contributed by atoms with Crippen molar-refractivity contribution in [3.05, 3.63) is 64.0 Å². The van der Waals surface area contributed by atoms with Crippen LogP contribution < -0.4 is 10.1 Å². The Morgan fingerprint density at radius 2 is 1.96 bits per heavy atom. The molecule has 1 amide bonds. The lowest BCUT2D eigenvalue weighted by Gasteiger charge is -2.12. The molecule has 0 aliphatic rings. The van der Waals surface area contributed by atoms with Crippen LogP contribution in [0.1, 0.15) is 11.1 Å². The first-order valence-electron chi connectivity index (χ1n) is 7.99. The standard InChI is InChI=1S/C18H16N4O5/c1-11-3-8-15(22(24)25)17(12(11)2)20-16(23)9-26-14-6-4-13(5-7-14)18-21-19-10-27-18/h3-8,10H,9H2,1-2H3,(H,20,23). The smallest absolute Gasteiger partial charge is 0.293 e. The van der Waals surface area contributed by atoms with E-state index in [4.69, 9.17) is 9.15 Å². The first-order valence-corrected chi connectivity index (χ1v) is 7.99. The van der Waals surface area contributed by atoms with Crippen molar-refractivity contribution < 1.29 is 18.9 Å². The van der Waals surface area contributed by atoms with E-state index in [1.807, 2.05) is 6.92 Å². The van der Waals surface area contributed by atoms with Gasteiger partial charge in [-0.15, -0.1) is 10.2 Å². The maximum absolute atomic E-state index is 12.2. The summed E-state index contributed by atoms with van der Waals surface area (Å²) in [6, 6.07) is 9.77. The monoisotopic (exact) mass is 368 g/mol. The minimum Gasteiger partial charge on any atom is -0.484 e. The molecule has 2 aromatic carbocycles. The van der Waals surface area contributed by atoms with Gasteiger partial charge in [0.15, 0.2) is 6.61 Å². The Labute approximate surface area is 154 Å². The summed E-state index contributed by atoms with van der Waals surface area (Å²) in [5, 5.41) is 21.2. The number of amides is 1. The third-order valence-electron chi connectivity index (χ3n) is 4.01. The molecule has 0 unspecified atom stereocenters. The van der Waals surface area contributed by atoms with Gasteiger partial charge in [-0.3, -0.25) is 14.9 Å². The number of ether oxygens (including phenoxy) is 1. The number of nitro groups is 1. The van der Waals surface area contributed by atoms with Crippen molar-refractivity contribution >= 4 is 17.3 Å². The number of hydrogen-bond acceptors (Lipinski definition) is 7. The van der Waals surface area contributed by atoms with Crippen molar-refractivity contribution in [1.29, 1.82) is 0 Å². The normalized spacial score (nSPS) is 10.4. The van der Waals surface area contributed by atoms with Crippen molar-refractivity contribution in [2.24, 2.45) is 0 Å². The molecule has 0 fully saturated rings. The molecule has 9 heteroatoms. The molecular weight excluding hydrogens is 352 g/mol. The zero-order valence-corrected chi connectivity index (χ0v) is 14.6. The van der Waals surface area contributed by atoms with Crippen LogP contribution in [0.4, 0.5) is 11.4 Å². The summed E-state index contributed by atoms with van der Waals surface area (Å²) in [5.74, 6) is 0.346. The van der Waals surface area contributed by atoms with Crippen molar-refractivity contribution in [2.45, 2.75) is 13.8 Å². The largest absolute Gasteiger partial charge is 0.484 e. The number of anilines is 1. The van der Waals surface area contributed by atoms with Gasteiger partial charge >= 0.3 is 0 Å². The van der Waals surface area contributed by atoms with Crippen LogP contribution in [-0.2, 0) is 4.79 Å². The molecule has 0 aliphatic heterocycles. The van der Waals surface area contributed by atoms with Crippen LogP contribution in [0.5, 0.6) is 5.75 Å². The molecule has 1 N–H and O–H groups in total. The molecule has 0 saturated heterocycles. The zero-order chi connectivity index (χ0) is 19.4. The van der Waals surface area contributed by atoms with Crippen LogP contribution >= 0.6 is 0 Å². The van der Waals surface area contributed by atoms with Crippen LogP contribution in [-0.4, -0.2) is 27.6 Å². The van der Waals surface area contributed by atoms with E-state index in [1.54, 1.807) is 37.3 Å². The van der Waals surface area contributed by atoms with Crippen molar-refractivity contribution in [1.82, 2.24) is 10.2 Å². The third-order valence-corrected chi connectivity index (χ3v) is 4.01. The Kier molecular flexibility index (Phi) is 5.11. The van der Waals surface area contributed by atoms with E-state index in [2.05, 4.69) is 15.5 Å². The predicted molar refractivity (Wildman–Crippen MR) is 96.4 cm³/mol. The summed E-state index contributed by atoms with van der Waals surface area (Å²) in [5.41, 5.74) is 2.22. The molecule has 3 rings (SSSR count). The van der Waals surface area contributed by atoms with Crippen molar-refractivity contribution in [3.63, 3.8) is 0 Å². The van der Waals surface area contributed by atoms with Gasteiger partial charge in [0.1, 0.15) is 11.4 Å². The van der Waals surface area contributed by atoms with E-state index in [0.29, 0.717) is 17.2 Å². The van der Waals surface area contributed by atoms with Gasteiger partial charge in [-0.05, 0) is 49.2 Å². The summed E-state index contributed by atoms with van der Waals surface area (Å²) < 4.78 is 10.5. The molecule has 1 heterocycles. The van der Waals surface area contributed by atoms with E-state index in [9.17, 15) is 14.9 Å². The number of carbonyl (C=O) groups is 1. The van der Waals surface area contributed by atoms with Crippen molar-refractivity contribution in [3.8, 4) is 17.2 Å². The molecule has 0 saturated carbocycles. The second kappa shape index (κ2) is 7.65. The number of rotatable bonds is 6. The van der Waals surface area contributed by atoms with Gasteiger partial charge in [0.05, 0.1) is 4.92 Å². The van der Waals surface area contributed by atoms with Crippen molar-refractivity contribution in [2.75, 3.05) is 11.9 Å². The average molecular weight is 368 g/mol. The van der Waals surface area contributed by atoms with Gasteiger partial charge in [0, 0.05) is 11.6 Å². The molecule has 9 nitrogen and oxygen atoms in total. The lowest BCUT2D eigenvalue weighted by molar-refractivity contribution is -0.384. The van der Waals surface area contributed by atoms with Crippen LogP contribution in [0, 0.1) is 24.0 Å². The van der Waals surface area contributed by atoms with Gasteiger partial charge < -0.3 is 14.5 Å². The SMILES string of the molecule is Cc1ccc([N+](=O)[O-])c(NC(=O)COc2ccc(-c3nnco3)cc2)c1C. The summed E-state index contributed by atoms with van der Waals surface area (Å²) in [7, 11) is 0. The first-order chi connectivity index (χ1) is 13.0. The Hall–Kier alpha value is -3.75. The summed E-state index contributed by atoms with van der Waals surface area (Å²) in [6.07, 6.45) is 1.23. The summed E-state index contributed by atoms with van der Waals surface area (Å²) in [4.78, 5) is 22.8. The fraction of sp³-hybridized carbons (Fsp3) is 0.167. The Bertz CT molecular complexity index is 968. The molecule has 0 atom stereocenters. The third kappa shape index (κ3) is 4.09. The fourth-order valence-corrected chi connectivity index (χ4v) is 2.43. The van der Waals surface area contributed by atoms with Crippen LogP contribution in [0.25, 0.3) is 11.5 Å². The number of aromatic nitrogens is 2. The van der Waals surface area contributed by atoms with E-state index >= 15 is 0 Å². The molecule has 0 bridgehead atoms. The molecule has 0 aliphatic carbocycles. The fourth-order valence-electron chi connectivity index (χ4n) is 2.43. The van der Waals surface area contributed by atoms with Gasteiger partial charge in [0.25, 0.3) is 11.6 Å². The highest BCUT2D eigenvalue weighted by Crippen LogP contribution is 2.30. The first kappa shape index (κ1) is 18.1. The lowest BCUT2D eigenvalue weighted by atomic mass is 10.1. The topological polar surface area (TPSA) is 120 Å². The number of nitro benzene ring substituents is 1. The van der Waals surface area contributed by atoms with Gasteiger partial charge in [0.2, 0.25) is 12.3 Å². The number of hydrogen-bond donors (Lipinski definition) is 1. The van der Waals surface area contributed by atoms with Crippen LogP contribution in [0.2, 0.25) is 0 Å². The van der Waals surface area contributed by atoms with Crippen LogP contribution in [0.3, 0.4) is 0 Å². The van der Waals surface area contributed by atoms with E-state index in [0.717, 1.165) is 11.1 Å². The van der Waals surface area contributed by atoms with Gasteiger partial charge in [-0.2, -0.15) is 0 Å². The highest BCUT2D eigenvalue weighted by Gasteiger charge is 2.19. The quantitative estimate of drug-likeness (QED) is 0.523. The van der Waals surface area contributed by atoms with Gasteiger partial charge in [-0.1, -0.05) is 6.07 Å². The zero-order valence-electron chi connectivity index (χ0n) is 14.6. The molecule has 27 heavy (non-hydrogen) atoms. The number of nitrogens with one attached hydrogen (secondary N) is 1. The highest BCUT2D eigenvalue weighted by molar-refractivity contribution is 5.95. The minimum atomic E-state index is -0.529. The van der Waals surface area contributed by atoms with E-state index < -0.39 is 10.8 Å². The Morgan fingerprint density at radius 3 is 2.59 bits per heavy atom. The molecular formula is C18H16N4O5. The maximum Gasteiger partial charge on any atom is 0.293 e. The van der Waals surface area contributed by atoms with Gasteiger partial charge in [-0.25, -0.2) is 0 Å². The lowest BCUT2D eigenvalue weighted by Crippen LogP contribution is -2.21. The molecule has 138 valence electrons. The Balaban J connectivity index is 1.65. The number of nitrogens with zero attached hydrogens (tertiary/aromatic N) is 3.